The highest BCUT2D eigenvalue weighted by molar-refractivity contribution is 6.39. The molecule has 0 heterocycles. The Labute approximate surface area is 131 Å². The average molecular weight is 305 g/mol. The number of benzene rings is 1. The summed E-state index contributed by atoms with van der Waals surface area (Å²) in [4.78, 5) is 25.4. The first-order valence-corrected chi connectivity index (χ1v) is 7.10. The molecule has 120 valence electrons. The summed E-state index contributed by atoms with van der Waals surface area (Å²) in [5.41, 5.74) is 0.541. The lowest BCUT2D eigenvalue weighted by molar-refractivity contribution is -0.136. The molecule has 0 aliphatic carbocycles. The topological polar surface area (TPSA) is 70.7 Å². The van der Waals surface area contributed by atoms with Crippen LogP contribution < -0.4 is 15.4 Å². The van der Waals surface area contributed by atoms with Gasteiger partial charge in [-0.3, -0.25) is 9.59 Å². The van der Waals surface area contributed by atoms with Gasteiger partial charge in [-0.05, 0) is 51.3 Å². The van der Waals surface area contributed by atoms with E-state index in [-0.39, 0.29) is 0 Å². The number of hydrogen-bond acceptors (Lipinski definition) is 4. The Morgan fingerprint density at radius 1 is 1.23 bits per heavy atom. The van der Waals surface area contributed by atoms with E-state index in [2.05, 4.69) is 17.2 Å². The van der Waals surface area contributed by atoms with E-state index in [1.165, 1.54) is 0 Å². The third-order valence-corrected chi connectivity index (χ3v) is 2.75. The van der Waals surface area contributed by atoms with Crippen LogP contribution >= 0.6 is 0 Å². The van der Waals surface area contributed by atoms with Crippen LogP contribution in [-0.4, -0.2) is 50.5 Å². The van der Waals surface area contributed by atoms with E-state index >= 15 is 0 Å². The number of anilines is 1. The van der Waals surface area contributed by atoms with Crippen molar-refractivity contribution >= 4 is 17.5 Å². The molecule has 0 aromatic heterocycles. The molecular formula is C16H23N3O3. The number of ether oxygens (including phenoxy) is 1. The second kappa shape index (κ2) is 9.57. The molecule has 0 aliphatic heterocycles. The molecule has 1 rings (SSSR count). The highest BCUT2D eigenvalue weighted by Crippen LogP contribution is 2.15. The SMILES string of the molecule is C=CCOc1ccc(NC(=O)C(=O)NCCCN(C)C)cc1. The maximum absolute atomic E-state index is 11.7. The largest absolute Gasteiger partial charge is 0.490 e. The smallest absolute Gasteiger partial charge is 0.313 e. The Hall–Kier alpha value is -2.34. The van der Waals surface area contributed by atoms with Crippen LogP contribution in [-0.2, 0) is 9.59 Å². The molecule has 0 unspecified atom stereocenters. The fourth-order valence-corrected chi connectivity index (χ4v) is 1.65. The summed E-state index contributed by atoms with van der Waals surface area (Å²) >= 11 is 0. The molecule has 6 nitrogen and oxygen atoms in total. The molecular weight excluding hydrogens is 282 g/mol. The van der Waals surface area contributed by atoms with Crippen molar-refractivity contribution in [1.29, 1.82) is 0 Å². The van der Waals surface area contributed by atoms with Crippen molar-refractivity contribution in [3.8, 4) is 5.75 Å². The standard InChI is InChI=1S/C16H23N3O3/c1-4-12-22-14-8-6-13(7-9-14)18-16(21)15(20)17-10-5-11-19(2)3/h4,6-9H,1,5,10-12H2,2-3H3,(H,17,20)(H,18,21). The number of carbonyl (C=O) groups is 2. The predicted molar refractivity (Wildman–Crippen MR) is 86.9 cm³/mol. The highest BCUT2D eigenvalue weighted by atomic mass is 16.5. The van der Waals surface area contributed by atoms with Crippen LogP contribution in [0.15, 0.2) is 36.9 Å². The van der Waals surface area contributed by atoms with E-state index in [1.54, 1.807) is 30.3 Å². The van der Waals surface area contributed by atoms with Gasteiger partial charge in [0.05, 0.1) is 0 Å². The lowest BCUT2D eigenvalue weighted by Gasteiger charge is -2.10. The van der Waals surface area contributed by atoms with Crippen molar-refractivity contribution in [2.45, 2.75) is 6.42 Å². The number of nitrogens with zero attached hydrogens (tertiary/aromatic N) is 1. The van der Waals surface area contributed by atoms with Crippen LogP contribution in [0.1, 0.15) is 6.42 Å². The van der Waals surface area contributed by atoms with E-state index in [9.17, 15) is 9.59 Å². The van der Waals surface area contributed by atoms with Crippen LogP contribution in [0.2, 0.25) is 0 Å². The maximum Gasteiger partial charge on any atom is 0.313 e. The van der Waals surface area contributed by atoms with E-state index in [4.69, 9.17) is 4.74 Å². The van der Waals surface area contributed by atoms with E-state index in [0.717, 1.165) is 13.0 Å². The van der Waals surface area contributed by atoms with Crippen molar-refractivity contribution in [3.05, 3.63) is 36.9 Å². The Bertz CT molecular complexity index is 498. The van der Waals surface area contributed by atoms with Crippen LogP contribution in [0.4, 0.5) is 5.69 Å². The Balaban J connectivity index is 2.37. The maximum atomic E-state index is 11.7. The predicted octanol–water partition coefficient (Wildman–Crippen LogP) is 1.26. The molecule has 0 aliphatic rings. The number of nitrogens with one attached hydrogen (secondary N) is 2. The van der Waals surface area contributed by atoms with Gasteiger partial charge in [0.15, 0.2) is 0 Å². The minimum atomic E-state index is -0.676. The lowest BCUT2D eigenvalue weighted by Crippen LogP contribution is -2.36. The van der Waals surface area contributed by atoms with E-state index in [1.807, 2.05) is 19.0 Å². The van der Waals surface area contributed by atoms with E-state index < -0.39 is 11.8 Å². The molecule has 22 heavy (non-hydrogen) atoms. The van der Waals surface area contributed by atoms with Gasteiger partial charge in [-0.15, -0.1) is 0 Å². The van der Waals surface area contributed by atoms with Gasteiger partial charge in [-0.1, -0.05) is 12.7 Å². The third kappa shape index (κ3) is 6.90. The van der Waals surface area contributed by atoms with Gasteiger partial charge in [0.2, 0.25) is 0 Å². The Kier molecular flexibility index (Phi) is 7.70. The van der Waals surface area contributed by atoms with Crippen LogP contribution in [0.3, 0.4) is 0 Å². The van der Waals surface area contributed by atoms with Crippen molar-refractivity contribution in [3.63, 3.8) is 0 Å². The molecule has 0 atom stereocenters. The summed E-state index contributed by atoms with van der Waals surface area (Å²) in [6.45, 7) is 5.31. The van der Waals surface area contributed by atoms with Crippen LogP contribution in [0.25, 0.3) is 0 Å². The molecule has 2 amide bonds. The molecule has 0 saturated carbocycles. The summed E-state index contributed by atoms with van der Waals surface area (Å²) < 4.78 is 5.33. The first-order chi connectivity index (χ1) is 10.5. The lowest BCUT2D eigenvalue weighted by atomic mass is 10.3. The molecule has 1 aromatic carbocycles. The zero-order chi connectivity index (χ0) is 16.4. The van der Waals surface area contributed by atoms with Crippen molar-refractivity contribution in [2.75, 3.05) is 39.1 Å². The van der Waals surface area contributed by atoms with Gasteiger partial charge in [0.1, 0.15) is 12.4 Å². The first-order valence-electron chi connectivity index (χ1n) is 7.10. The molecule has 0 radical (unpaired) electrons. The molecule has 0 saturated heterocycles. The van der Waals surface area contributed by atoms with Gasteiger partial charge in [0.25, 0.3) is 0 Å². The van der Waals surface area contributed by atoms with Crippen molar-refractivity contribution < 1.29 is 14.3 Å². The Morgan fingerprint density at radius 2 is 1.91 bits per heavy atom. The van der Waals surface area contributed by atoms with Gasteiger partial charge in [-0.2, -0.15) is 0 Å². The normalized spacial score (nSPS) is 10.1. The molecule has 0 spiro atoms. The third-order valence-electron chi connectivity index (χ3n) is 2.75. The molecule has 6 heteroatoms. The molecule has 0 bridgehead atoms. The summed E-state index contributed by atoms with van der Waals surface area (Å²) in [5, 5.41) is 5.12. The summed E-state index contributed by atoms with van der Waals surface area (Å²) in [6, 6.07) is 6.79. The fraction of sp³-hybridized carbons (Fsp3) is 0.375. The summed E-state index contributed by atoms with van der Waals surface area (Å²) in [5.74, 6) is -0.638. The number of carbonyl (C=O) groups excluding carboxylic acids is 2. The minimum absolute atomic E-state index is 0.418. The van der Waals surface area contributed by atoms with Crippen LogP contribution in [0.5, 0.6) is 5.75 Å². The first kappa shape index (κ1) is 17.7. The monoisotopic (exact) mass is 305 g/mol. The highest BCUT2D eigenvalue weighted by Gasteiger charge is 2.12. The van der Waals surface area contributed by atoms with Gasteiger partial charge >= 0.3 is 11.8 Å². The van der Waals surface area contributed by atoms with Crippen molar-refractivity contribution in [1.82, 2.24) is 10.2 Å². The minimum Gasteiger partial charge on any atom is -0.490 e. The number of amides is 2. The van der Waals surface area contributed by atoms with Gasteiger partial charge in [0, 0.05) is 12.2 Å². The average Bonchev–Trinajstić information content (AvgIpc) is 2.50. The summed E-state index contributed by atoms with van der Waals surface area (Å²) in [6.07, 6.45) is 2.44. The second-order valence-electron chi connectivity index (χ2n) is 4.99. The number of rotatable bonds is 8. The zero-order valence-electron chi connectivity index (χ0n) is 13.1. The van der Waals surface area contributed by atoms with E-state index in [0.29, 0.717) is 24.6 Å². The van der Waals surface area contributed by atoms with Gasteiger partial charge in [-0.25, -0.2) is 0 Å². The molecule has 2 N–H and O–H groups in total. The molecule has 1 aromatic rings. The van der Waals surface area contributed by atoms with Crippen molar-refractivity contribution in [2.24, 2.45) is 0 Å². The fourth-order valence-electron chi connectivity index (χ4n) is 1.65. The quantitative estimate of drug-likeness (QED) is 0.431. The zero-order valence-corrected chi connectivity index (χ0v) is 13.1. The summed E-state index contributed by atoms with van der Waals surface area (Å²) in [7, 11) is 3.91. The van der Waals surface area contributed by atoms with Crippen LogP contribution in [0, 0.1) is 0 Å². The second-order valence-corrected chi connectivity index (χ2v) is 4.99. The Morgan fingerprint density at radius 3 is 2.50 bits per heavy atom. The number of hydrogen-bond donors (Lipinski definition) is 2. The molecule has 0 fully saturated rings. The van der Waals surface area contributed by atoms with Gasteiger partial charge < -0.3 is 20.3 Å².